The van der Waals surface area contributed by atoms with Crippen molar-refractivity contribution in [3.05, 3.63) is 36.3 Å². The van der Waals surface area contributed by atoms with Gasteiger partial charge in [-0.1, -0.05) is 0 Å². The van der Waals surface area contributed by atoms with Crippen LogP contribution in [0.15, 0.2) is 30.6 Å². The van der Waals surface area contributed by atoms with Crippen LogP contribution in [-0.2, 0) is 11.2 Å². The van der Waals surface area contributed by atoms with Crippen LogP contribution >= 0.6 is 0 Å². The van der Waals surface area contributed by atoms with Crippen LogP contribution in [0.5, 0.6) is 0 Å². The highest BCUT2D eigenvalue weighted by Gasteiger charge is 2.22. The summed E-state index contributed by atoms with van der Waals surface area (Å²) < 4.78 is 5.39. The first kappa shape index (κ1) is 16.2. The van der Waals surface area contributed by atoms with Crippen molar-refractivity contribution >= 4 is 11.8 Å². The number of aromatic nitrogens is 4. The first-order chi connectivity index (χ1) is 12.4. The van der Waals surface area contributed by atoms with E-state index in [-0.39, 0.29) is 0 Å². The Bertz CT molecular complexity index is 659. The number of nitrogens with zero attached hydrogens (tertiary/aromatic N) is 6. The van der Waals surface area contributed by atoms with Gasteiger partial charge in [-0.25, -0.2) is 9.97 Å². The van der Waals surface area contributed by atoms with Gasteiger partial charge < -0.3 is 14.5 Å². The lowest BCUT2D eigenvalue weighted by atomic mass is 9.93. The third-order valence-corrected chi connectivity index (χ3v) is 4.89. The number of hydrogen-bond acceptors (Lipinski definition) is 7. The molecule has 25 heavy (non-hydrogen) atoms. The minimum Gasteiger partial charge on any atom is -0.378 e. The second-order valence-electron chi connectivity index (χ2n) is 6.69. The van der Waals surface area contributed by atoms with Crippen molar-refractivity contribution in [1.82, 2.24) is 20.2 Å². The minimum absolute atomic E-state index is 0.570. The van der Waals surface area contributed by atoms with E-state index in [0.29, 0.717) is 5.92 Å². The average molecular weight is 340 g/mol. The van der Waals surface area contributed by atoms with Crippen LogP contribution in [0.3, 0.4) is 0 Å². The fourth-order valence-electron chi connectivity index (χ4n) is 3.59. The van der Waals surface area contributed by atoms with Crippen LogP contribution in [-0.4, -0.2) is 59.6 Å². The van der Waals surface area contributed by atoms with Gasteiger partial charge in [-0.2, -0.15) is 5.10 Å². The molecule has 2 aromatic heterocycles. The second kappa shape index (κ2) is 7.74. The summed E-state index contributed by atoms with van der Waals surface area (Å²) in [6.45, 7) is 5.33. The lowest BCUT2D eigenvalue weighted by Crippen LogP contribution is -2.37. The van der Waals surface area contributed by atoms with Crippen LogP contribution in [0.1, 0.15) is 18.5 Å². The van der Waals surface area contributed by atoms with Gasteiger partial charge in [0.15, 0.2) is 5.82 Å². The van der Waals surface area contributed by atoms with Crippen LogP contribution < -0.4 is 9.80 Å². The molecule has 0 bridgehead atoms. The molecule has 0 unspecified atom stereocenters. The highest BCUT2D eigenvalue weighted by atomic mass is 16.5. The van der Waals surface area contributed by atoms with Crippen LogP contribution in [0, 0.1) is 5.92 Å². The van der Waals surface area contributed by atoms with Crippen molar-refractivity contribution in [1.29, 1.82) is 0 Å². The first-order valence-electron chi connectivity index (χ1n) is 9.06. The highest BCUT2D eigenvalue weighted by Crippen LogP contribution is 2.23. The molecule has 0 spiro atoms. The molecule has 2 aliphatic heterocycles. The van der Waals surface area contributed by atoms with E-state index in [4.69, 9.17) is 4.74 Å². The minimum atomic E-state index is 0.570. The van der Waals surface area contributed by atoms with Crippen molar-refractivity contribution in [2.45, 2.75) is 19.3 Å². The van der Waals surface area contributed by atoms with Gasteiger partial charge in [0.25, 0.3) is 0 Å². The maximum absolute atomic E-state index is 5.39. The Morgan fingerprint density at radius 3 is 2.60 bits per heavy atom. The molecule has 4 rings (SSSR count). The van der Waals surface area contributed by atoms with Gasteiger partial charge in [0.05, 0.1) is 18.9 Å². The summed E-state index contributed by atoms with van der Waals surface area (Å²) in [6, 6.07) is 6.07. The average Bonchev–Trinajstić information content (AvgIpc) is 2.70. The number of anilines is 2. The van der Waals surface area contributed by atoms with Crippen LogP contribution in [0.4, 0.5) is 11.8 Å². The summed E-state index contributed by atoms with van der Waals surface area (Å²) in [7, 11) is 0. The lowest BCUT2D eigenvalue weighted by Gasteiger charge is -2.32. The number of morpholine rings is 1. The summed E-state index contributed by atoms with van der Waals surface area (Å²) in [5.74, 6) is 2.36. The summed E-state index contributed by atoms with van der Waals surface area (Å²) in [5, 5.41) is 8.89. The number of ether oxygens (including phenoxy) is 1. The summed E-state index contributed by atoms with van der Waals surface area (Å²) in [5.41, 5.74) is 1.07. The summed E-state index contributed by atoms with van der Waals surface area (Å²) >= 11 is 0. The van der Waals surface area contributed by atoms with Crippen LogP contribution in [0.2, 0.25) is 0 Å². The molecule has 2 saturated heterocycles. The predicted molar refractivity (Wildman–Crippen MR) is 95.7 cm³/mol. The first-order valence-corrected chi connectivity index (χ1v) is 9.06. The van der Waals surface area contributed by atoms with Crippen molar-refractivity contribution in [3.63, 3.8) is 0 Å². The molecule has 2 aliphatic rings. The Hall–Kier alpha value is -2.28. The van der Waals surface area contributed by atoms with Crippen LogP contribution in [0.25, 0.3) is 0 Å². The fourth-order valence-corrected chi connectivity index (χ4v) is 3.59. The Labute approximate surface area is 148 Å². The molecule has 2 fully saturated rings. The molecule has 7 nitrogen and oxygen atoms in total. The van der Waals surface area contributed by atoms with Crippen molar-refractivity contribution in [2.75, 3.05) is 49.2 Å². The standard InChI is InChI=1S/C18H24N6O/c1-3-15(14-24(8-1)18-19-6-2-7-20-18)13-16-4-5-17(22-21-16)23-9-11-25-12-10-23/h2,4-7,15H,1,3,8-14H2/t15-/m0/s1. The third kappa shape index (κ3) is 4.04. The van der Waals surface area contributed by atoms with E-state index >= 15 is 0 Å². The third-order valence-electron chi connectivity index (χ3n) is 4.89. The molecule has 0 aliphatic carbocycles. The molecule has 7 heteroatoms. The molecular weight excluding hydrogens is 316 g/mol. The smallest absolute Gasteiger partial charge is 0.225 e. The molecule has 1 atom stereocenters. The van der Waals surface area contributed by atoms with E-state index in [9.17, 15) is 0 Å². The van der Waals surface area contributed by atoms with E-state index in [2.05, 4.69) is 42.1 Å². The quantitative estimate of drug-likeness (QED) is 0.837. The fraction of sp³-hybridized carbons (Fsp3) is 0.556. The van der Waals surface area contributed by atoms with Gasteiger partial charge in [0.1, 0.15) is 0 Å². The van der Waals surface area contributed by atoms with Gasteiger partial charge in [0, 0.05) is 38.6 Å². The Morgan fingerprint density at radius 2 is 1.84 bits per heavy atom. The van der Waals surface area contributed by atoms with E-state index < -0.39 is 0 Å². The van der Waals surface area contributed by atoms with Gasteiger partial charge in [-0.15, -0.1) is 5.10 Å². The molecule has 132 valence electrons. The predicted octanol–water partition coefficient (Wildman–Crippen LogP) is 1.56. The topological polar surface area (TPSA) is 67.3 Å². The molecule has 0 N–H and O–H groups in total. The molecular formula is C18H24N6O. The van der Waals surface area contributed by atoms with Crippen molar-refractivity contribution in [2.24, 2.45) is 5.92 Å². The molecule has 0 saturated carbocycles. The second-order valence-corrected chi connectivity index (χ2v) is 6.69. The Kier molecular flexibility index (Phi) is 5.01. The highest BCUT2D eigenvalue weighted by molar-refractivity contribution is 5.37. The molecule has 0 aromatic carbocycles. The van der Waals surface area contributed by atoms with Gasteiger partial charge in [-0.3, -0.25) is 0 Å². The van der Waals surface area contributed by atoms with E-state index in [0.717, 1.165) is 63.3 Å². The summed E-state index contributed by atoms with van der Waals surface area (Å²) in [6.07, 6.45) is 6.96. The van der Waals surface area contributed by atoms with Gasteiger partial charge in [0.2, 0.25) is 5.95 Å². The molecule has 4 heterocycles. The maximum atomic E-state index is 5.39. The normalized spacial score (nSPS) is 21.4. The van der Waals surface area contributed by atoms with E-state index in [1.165, 1.54) is 12.8 Å². The Balaban J connectivity index is 1.36. The molecule has 0 amide bonds. The number of piperidine rings is 1. The zero-order chi connectivity index (χ0) is 16.9. The molecule has 2 aromatic rings. The Morgan fingerprint density at radius 1 is 1.00 bits per heavy atom. The van der Waals surface area contributed by atoms with E-state index in [1.807, 2.05) is 18.5 Å². The number of rotatable bonds is 4. The van der Waals surface area contributed by atoms with Crippen molar-refractivity contribution in [3.8, 4) is 0 Å². The zero-order valence-electron chi connectivity index (χ0n) is 14.4. The zero-order valence-corrected chi connectivity index (χ0v) is 14.4. The monoisotopic (exact) mass is 340 g/mol. The molecule has 0 radical (unpaired) electrons. The van der Waals surface area contributed by atoms with Crippen molar-refractivity contribution < 1.29 is 4.74 Å². The number of hydrogen-bond donors (Lipinski definition) is 0. The SMILES string of the molecule is c1cnc(N2CCC[C@@H](Cc3ccc(N4CCOCC4)nn3)C2)nc1. The maximum Gasteiger partial charge on any atom is 0.225 e. The summed E-state index contributed by atoms with van der Waals surface area (Å²) in [4.78, 5) is 13.3. The largest absolute Gasteiger partial charge is 0.378 e. The lowest BCUT2D eigenvalue weighted by molar-refractivity contribution is 0.122. The van der Waals surface area contributed by atoms with Gasteiger partial charge in [-0.05, 0) is 43.4 Å². The van der Waals surface area contributed by atoms with E-state index in [1.54, 1.807) is 0 Å². The van der Waals surface area contributed by atoms with Gasteiger partial charge >= 0.3 is 0 Å².